The van der Waals surface area contributed by atoms with E-state index < -0.39 is 5.82 Å². The van der Waals surface area contributed by atoms with Crippen LogP contribution in [-0.4, -0.2) is 42.6 Å². The highest BCUT2D eigenvalue weighted by molar-refractivity contribution is 7.17. The minimum Gasteiger partial charge on any atom is -0.377 e. The van der Waals surface area contributed by atoms with Crippen molar-refractivity contribution in [2.75, 3.05) is 35.2 Å². The zero-order valence-corrected chi connectivity index (χ0v) is 23.5. The lowest BCUT2D eigenvalue weighted by molar-refractivity contribution is 0.0870. The Morgan fingerprint density at radius 1 is 1.10 bits per heavy atom. The van der Waals surface area contributed by atoms with E-state index in [0.717, 1.165) is 21.7 Å². The van der Waals surface area contributed by atoms with Crippen molar-refractivity contribution in [3.05, 3.63) is 94.2 Å². The van der Waals surface area contributed by atoms with Crippen LogP contribution in [0.25, 0.3) is 10.4 Å². The van der Waals surface area contributed by atoms with Crippen LogP contribution in [0.5, 0.6) is 0 Å². The third kappa shape index (κ3) is 5.90. The van der Waals surface area contributed by atoms with Crippen LogP contribution in [0.3, 0.4) is 0 Å². The number of para-hydroxylation sites is 2. The molecule has 0 unspecified atom stereocenters. The predicted octanol–water partition coefficient (Wildman–Crippen LogP) is 6.55. The van der Waals surface area contributed by atoms with Gasteiger partial charge in [-0.3, -0.25) is 9.59 Å². The molecule has 0 saturated heterocycles. The number of aryl methyl sites for hydroxylation is 1. The van der Waals surface area contributed by atoms with Gasteiger partial charge in [0.1, 0.15) is 17.3 Å². The lowest BCUT2D eigenvalue weighted by Crippen LogP contribution is -2.33. The number of rotatable bonds is 8. The number of pyridine rings is 1. The molecule has 9 heteroatoms. The van der Waals surface area contributed by atoms with Gasteiger partial charge in [0.25, 0.3) is 11.8 Å². The fourth-order valence-corrected chi connectivity index (χ4v) is 5.79. The summed E-state index contributed by atoms with van der Waals surface area (Å²) in [6, 6.07) is 19.6. The van der Waals surface area contributed by atoms with E-state index in [1.165, 1.54) is 17.4 Å². The number of carbonyl (C=O) groups is 2. The molecule has 0 spiro atoms. The van der Waals surface area contributed by atoms with Gasteiger partial charge in [-0.05, 0) is 68.7 Å². The van der Waals surface area contributed by atoms with Gasteiger partial charge in [0, 0.05) is 23.5 Å². The molecule has 0 fully saturated rings. The molecule has 0 saturated carbocycles. The molecule has 4 aromatic rings. The number of amides is 2. The second-order valence-electron chi connectivity index (χ2n) is 9.83. The van der Waals surface area contributed by atoms with Crippen molar-refractivity contribution in [3.8, 4) is 10.4 Å². The summed E-state index contributed by atoms with van der Waals surface area (Å²) in [5.74, 6) is -0.412. The van der Waals surface area contributed by atoms with Gasteiger partial charge in [-0.15, -0.1) is 11.3 Å². The Morgan fingerprint density at radius 3 is 2.70 bits per heavy atom. The number of nitrogens with zero attached hydrogens (tertiary/aromatic N) is 2. The van der Waals surface area contributed by atoms with Gasteiger partial charge < -0.3 is 20.3 Å². The van der Waals surface area contributed by atoms with Crippen LogP contribution in [0.15, 0.2) is 66.7 Å². The molecule has 0 radical (unpaired) electrons. The van der Waals surface area contributed by atoms with Crippen LogP contribution < -0.4 is 15.5 Å². The average molecular weight is 559 g/mol. The lowest BCUT2D eigenvalue weighted by atomic mass is 10.1. The number of ether oxygens (including phenoxy) is 1. The molecule has 206 valence electrons. The van der Waals surface area contributed by atoms with Crippen LogP contribution in [-0.2, 0) is 11.2 Å². The van der Waals surface area contributed by atoms with Gasteiger partial charge in [-0.25, -0.2) is 9.37 Å². The molecule has 2 amide bonds. The summed E-state index contributed by atoms with van der Waals surface area (Å²) in [6.07, 6.45) is 0.707. The maximum Gasteiger partial charge on any atom is 0.276 e. The number of hydrogen-bond acceptors (Lipinski definition) is 6. The summed E-state index contributed by atoms with van der Waals surface area (Å²) in [7, 11) is 0. The van der Waals surface area contributed by atoms with Gasteiger partial charge in [0.15, 0.2) is 0 Å². The van der Waals surface area contributed by atoms with E-state index in [-0.39, 0.29) is 23.6 Å². The summed E-state index contributed by atoms with van der Waals surface area (Å²) in [4.78, 5) is 34.5. The van der Waals surface area contributed by atoms with E-state index in [0.29, 0.717) is 48.1 Å². The van der Waals surface area contributed by atoms with E-state index in [9.17, 15) is 14.0 Å². The van der Waals surface area contributed by atoms with Crippen molar-refractivity contribution in [2.45, 2.75) is 33.3 Å². The van der Waals surface area contributed by atoms with Gasteiger partial charge in [0.05, 0.1) is 29.0 Å². The van der Waals surface area contributed by atoms with Crippen molar-refractivity contribution in [1.29, 1.82) is 0 Å². The molecule has 2 N–H and O–H groups in total. The van der Waals surface area contributed by atoms with E-state index in [1.54, 1.807) is 30.0 Å². The van der Waals surface area contributed by atoms with Crippen molar-refractivity contribution >= 4 is 40.3 Å². The van der Waals surface area contributed by atoms with Crippen LogP contribution in [0.2, 0.25) is 0 Å². The maximum atomic E-state index is 14.3. The summed E-state index contributed by atoms with van der Waals surface area (Å²) < 4.78 is 19.9. The van der Waals surface area contributed by atoms with E-state index >= 15 is 0 Å². The number of aromatic nitrogens is 1. The molecule has 0 atom stereocenters. The minimum atomic E-state index is -0.470. The molecule has 7 nitrogen and oxygen atoms in total. The molecule has 2 aromatic heterocycles. The number of hydrogen-bond donors (Lipinski definition) is 2. The molecule has 1 aliphatic rings. The number of benzene rings is 2. The van der Waals surface area contributed by atoms with Crippen molar-refractivity contribution in [1.82, 2.24) is 4.98 Å². The number of carbonyl (C=O) groups excluding carboxylic acids is 2. The molecule has 1 aliphatic heterocycles. The third-order valence-corrected chi connectivity index (χ3v) is 7.82. The summed E-state index contributed by atoms with van der Waals surface area (Å²) in [6.45, 7) is 7.28. The Hall–Kier alpha value is -4.08. The molecular weight excluding hydrogens is 527 g/mol. The fraction of sp³-hybridized carbons (Fsp3) is 0.258. The summed E-state index contributed by atoms with van der Waals surface area (Å²) >= 11 is 1.35. The van der Waals surface area contributed by atoms with Gasteiger partial charge in [-0.1, -0.05) is 36.4 Å². The van der Waals surface area contributed by atoms with Gasteiger partial charge in [0.2, 0.25) is 0 Å². The highest BCUT2D eigenvalue weighted by Gasteiger charge is 2.28. The summed E-state index contributed by atoms with van der Waals surface area (Å²) in [5.41, 5.74) is 3.78. The third-order valence-electron chi connectivity index (χ3n) is 6.61. The monoisotopic (exact) mass is 558 g/mol. The van der Waals surface area contributed by atoms with Crippen LogP contribution in [0, 0.1) is 12.7 Å². The number of anilines is 3. The van der Waals surface area contributed by atoms with Crippen molar-refractivity contribution in [3.63, 3.8) is 0 Å². The van der Waals surface area contributed by atoms with E-state index in [4.69, 9.17) is 4.74 Å². The van der Waals surface area contributed by atoms with Gasteiger partial charge >= 0.3 is 0 Å². The van der Waals surface area contributed by atoms with E-state index in [1.807, 2.05) is 56.3 Å². The Kier molecular flexibility index (Phi) is 8.23. The Morgan fingerprint density at radius 2 is 1.90 bits per heavy atom. The van der Waals surface area contributed by atoms with Crippen molar-refractivity contribution in [2.24, 2.45) is 0 Å². The Bertz CT molecular complexity index is 1530. The minimum absolute atomic E-state index is 0.149. The largest absolute Gasteiger partial charge is 0.377 e. The lowest BCUT2D eigenvalue weighted by Gasteiger charge is -2.23. The molecule has 40 heavy (non-hydrogen) atoms. The van der Waals surface area contributed by atoms with Crippen molar-refractivity contribution < 1.29 is 18.7 Å². The molecule has 0 aliphatic carbocycles. The molecule has 2 aromatic carbocycles. The molecular formula is C31H31FN4O3S. The number of thiophene rings is 1. The molecule has 0 bridgehead atoms. The first-order valence-corrected chi connectivity index (χ1v) is 14.1. The number of fused-ring (bicyclic) bond motifs is 3. The van der Waals surface area contributed by atoms with Crippen LogP contribution in [0.4, 0.5) is 21.6 Å². The normalized spacial score (nSPS) is 12.5. The highest BCUT2D eigenvalue weighted by atomic mass is 32.1. The zero-order valence-electron chi connectivity index (χ0n) is 22.7. The van der Waals surface area contributed by atoms with E-state index in [2.05, 4.69) is 15.6 Å². The van der Waals surface area contributed by atoms with Crippen LogP contribution in [0.1, 0.15) is 45.1 Å². The standard InChI is InChI=1S/C31H31FN4O3S/c1-19(2)39-17-15-33-27-13-7-11-24(34-27)31(38)36-16-14-21-18-26(40-29(21)22-9-4-5-12-25(22)36)30(37)35-28-20(3)8-6-10-23(28)32/h4-13,18-19H,14-17H2,1-3H3,(H,33,34)(H,35,37). The van der Waals surface area contributed by atoms with Gasteiger partial charge in [-0.2, -0.15) is 0 Å². The first kappa shape index (κ1) is 27.5. The fourth-order valence-electron chi connectivity index (χ4n) is 4.65. The average Bonchev–Trinajstić information content (AvgIpc) is 3.31. The predicted molar refractivity (Wildman–Crippen MR) is 158 cm³/mol. The smallest absolute Gasteiger partial charge is 0.276 e. The quantitative estimate of drug-likeness (QED) is 0.240. The topological polar surface area (TPSA) is 83.6 Å². The maximum absolute atomic E-state index is 14.3. The zero-order chi connectivity index (χ0) is 28.2. The second-order valence-corrected chi connectivity index (χ2v) is 10.9. The number of nitrogens with one attached hydrogen (secondary N) is 2. The van der Waals surface area contributed by atoms with Crippen LogP contribution >= 0.6 is 11.3 Å². The molecule has 3 heterocycles. The summed E-state index contributed by atoms with van der Waals surface area (Å²) in [5, 5.41) is 5.95. The Balaban J connectivity index is 1.38. The SMILES string of the molecule is Cc1cccc(F)c1NC(=O)c1cc2c(s1)-c1ccccc1N(C(=O)c1cccc(NCCOC(C)C)n1)CC2. The molecule has 5 rings (SSSR count). The second kappa shape index (κ2) is 12.0. The first-order chi connectivity index (χ1) is 19.3. The first-order valence-electron chi connectivity index (χ1n) is 13.2. The highest BCUT2D eigenvalue weighted by Crippen LogP contribution is 2.42. The Labute approximate surface area is 237 Å². The number of halogens is 1.